The van der Waals surface area contributed by atoms with E-state index in [1.54, 1.807) is 79.7 Å². The quantitative estimate of drug-likeness (QED) is 0.0107. The Kier molecular flexibility index (Phi) is 16.2. The van der Waals surface area contributed by atoms with Gasteiger partial charge in [-0.3, -0.25) is 14.1 Å². The molecule has 15 heteroatoms. The lowest BCUT2D eigenvalue weighted by molar-refractivity contribution is -0.432. The van der Waals surface area contributed by atoms with Crippen molar-refractivity contribution in [3.05, 3.63) is 244 Å². The first-order valence-electron chi connectivity index (χ1n) is 23.7. The zero-order valence-electron chi connectivity index (χ0n) is 42.2. The first-order valence-corrected chi connectivity index (χ1v) is 25.9. The van der Waals surface area contributed by atoms with Crippen LogP contribution in [0.3, 0.4) is 0 Å². The lowest BCUT2D eigenvalue weighted by Gasteiger charge is -2.26. The maximum Gasteiger partial charge on any atom is 0.338 e. The van der Waals surface area contributed by atoms with Crippen LogP contribution in [0.15, 0.2) is 204 Å². The Balaban J connectivity index is 0.847. The van der Waals surface area contributed by atoms with E-state index >= 15 is 0 Å². The summed E-state index contributed by atoms with van der Waals surface area (Å²) in [6, 6.07) is 53.0. The number of hydrogen-bond donors (Lipinski definition) is 2. The lowest BCUT2D eigenvalue weighted by Crippen LogP contribution is -2.18. The molecule has 13 nitrogen and oxygen atoms in total. The lowest BCUT2D eigenvalue weighted by atomic mass is 9.78. The molecule has 0 aliphatic heterocycles. The van der Waals surface area contributed by atoms with E-state index in [4.69, 9.17) is 24.2 Å². The zero-order valence-corrected chi connectivity index (χ0v) is 43.9. The fraction of sp³-hybridized carbons (Fsp3) is 0.131. The van der Waals surface area contributed by atoms with Gasteiger partial charge in [-0.25, -0.2) is 10.1 Å². The molecule has 0 unspecified atom stereocenters. The topological polar surface area (TPSA) is 181 Å². The van der Waals surface area contributed by atoms with Crippen molar-refractivity contribution in [2.45, 2.75) is 62.2 Å². The normalized spacial score (nSPS) is 11.6. The highest BCUT2D eigenvalue weighted by atomic mass is 32.2. The summed E-state index contributed by atoms with van der Waals surface area (Å²) >= 11 is 0.592. The SMILES string of the molecule is C=C(C)C(=O)Oc1ccc(C(C)(C)c2ccc(Oc3ccc(C(=O)c4ccc(Oc5ccc(C(C)(C)c6ccc(Oc7ccc(C(=O)c8ccc(C)c(S(=O)(=O)O)c8)cc7SOOO)cc6)cc5)cc4)cc3)cc2)cc1. The van der Waals surface area contributed by atoms with Crippen LogP contribution in [0, 0.1) is 6.92 Å². The smallest absolute Gasteiger partial charge is 0.338 e. The van der Waals surface area contributed by atoms with Crippen LogP contribution in [0.5, 0.6) is 40.2 Å². The van der Waals surface area contributed by atoms with Crippen LogP contribution in [0.4, 0.5) is 0 Å². The van der Waals surface area contributed by atoms with E-state index in [-0.39, 0.29) is 43.4 Å². The van der Waals surface area contributed by atoms with Gasteiger partial charge >= 0.3 is 5.97 Å². The van der Waals surface area contributed by atoms with Crippen LogP contribution >= 0.6 is 12.0 Å². The number of aryl methyl sites for hydroxylation is 1. The van der Waals surface area contributed by atoms with Crippen molar-refractivity contribution < 1.29 is 60.9 Å². The minimum atomic E-state index is -4.56. The third-order valence-electron chi connectivity index (χ3n) is 12.9. The van der Waals surface area contributed by atoms with Crippen molar-refractivity contribution in [2.75, 3.05) is 0 Å². The summed E-state index contributed by atoms with van der Waals surface area (Å²) in [4.78, 5) is 38.7. The maximum absolute atomic E-state index is 13.5. The average molecular weight is 1060 g/mol. The molecule has 0 radical (unpaired) electrons. The minimum Gasteiger partial charge on any atom is -0.457 e. The van der Waals surface area contributed by atoms with E-state index in [2.05, 4.69) is 43.6 Å². The van der Waals surface area contributed by atoms with Gasteiger partial charge in [0.2, 0.25) is 0 Å². The van der Waals surface area contributed by atoms with E-state index in [1.165, 1.54) is 37.3 Å². The Morgan fingerprint density at radius 2 is 0.855 bits per heavy atom. The molecule has 8 rings (SSSR count). The molecule has 0 fully saturated rings. The van der Waals surface area contributed by atoms with Crippen molar-refractivity contribution in [2.24, 2.45) is 0 Å². The van der Waals surface area contributed by atoms with Gasteiger partial charge in [0.05, 0.1) is 21.8 Å². The standard InChI is InChI=1S/C61H52O13S2/c1-38(2)59(64)72-53-33-21-47(22-34-53)61(6,7)45-17-29-51(30-18-45)70-49-25-12-41(13-26-49)57(62)40-10-23-48(24-11-40)69-50-27-15-44(16-28-50)60(4,5)46-19-31-52(32-20-46)71-54-35-14-42(36-55(54)75-74-73-65)58(63)43-9-8-39(3)56(37-43)76(66,67)68/h8-37,65H,1H2,2-7H3,(H,66,67,68). The molecule has 386 valence electrons. The number of carbonyl (C=O) groups excluding carboxylic acids is 3. The molecule has 0 aliphatic carbocycles. The van der Waals surface area contributed by atoms with Gasteiger partial charge in [0.25, 0.3) is 10.1 Å². The fourth-order valence-electron chi connectivity index (χ4n) is 8.24. The van der Waals surface area contributed by atoms with Crippen molar-refractivity contribution >= 4 is 39.7 Å². The van der Waals surface area contributed by atoms with Crippen molar-refractivity contribution in [3.8, 4) is 40.2 Å². The monoisotopic (exact) mass is 1060 g/mol. The molecule has 8 aromatic rings. The first-order chi connectivity index (χ1) is 36.2. The van der Waals surface area contributed by atoms with Crippen molar-refractivity contribution in [1.82, 2.24) is 0 Å². The second-order valence-electron chi connectivity index (χ2n) is 18.9. The maximum atomic E-state index is 13.5. The van der Waals surface area contributed by atoms with E-state index < -0.39 is 27.3 Å². The molecule has 0 saturated carbocycles. The molecule has 0 bridgehead atoms. The van der Waals surface area contributed by atoms with E-state index in [9.17, 15) is 27.4 Å². The second-order valence-corrected chi connectivity index (χ2v) is 21.0. The number of hydrogen-bond acceptors (Lipinski definition) is 13. The molecule has 0 heterocycles. The number of carbonyl (C=O) groups is 3. The summed E-state index contributed by atoms with van der Waals surface area (Å²) < 4.78 is 61.8. The van der Waals surface area contributed by atoms with Gasteiger partial charge in [0.15, 0.2) is 11.6 Å². The number of esters is 1. The fourth-order valence-corrected chi connectivity index (χ4v) is 9.46. The Morgan fingerprint density at radius 1 is 0.500 bits per heavy atom. The summed E-state index contributed by atoms with van der Waals surface area (Å²) in [7, 11) is -4.56. The molecule has 8 aromatic carbocycles. The summed E-state index contributed by atoms with van der Waals surface area (Å²) in [5.74, 6) is 2.47. The summed E-state index contributed by atoms with van der Waals surface area (Å²) in [6.45, 7) is 15.2. The Bertz CT molecular complexity index is 3530. The predicted molar refractivity (Wildman–Crippen MR) is 289 cm³/mol. The van der Waals surface area contributed by atoms with Crippen LogP contribution in [-0.2, 0) is 35.1 Å². The number of ketones is 2. The first kappa shape index (κ1) is 54.1. The van der Waals surface area contributed by atoms with Gasteiger partial charge in [0.1, 0.15) is 40.2 Å². The molecular formula is C61H52O13S2. The minimum absolute atomic E-state index is 0.0316. The molecule has 76 heavy (non-hydrogen) atoms. The number of rotatable bonds is 20. The van der Waals surface area contributed by atoms with E-state index in [1.807, 2.05) is 72.8 Å². The molecule has 0 aromatic heterocycles. The van der Waals surface area contributed by atoms with Gasteiger partial charge in [-0.05, 0) is 163 Å². The average Bonchev–Trinajstić information content (AvgIpc) is 3.41. The molecule has 0 spiro atoms. The Morgan fingerprint density at radius 3 is 1.26 bits per heavy atom. The van der Waals surface area contributed by atoms with Crippen LogP contribution in [-0.4, -0.2) is 35.8 Å². The largest absolute Gasteiger partial charge is 0.457 e. The van der Waals surface area contributed by atoms with Gasteiger partial charge in [-0.15, -0.1) is 4.33 Å². The van der Waals surface area contributed by atoms with Crippen LogP contribution in [0.1, 0.15) is 94.3 Å². The highest BCUT2D eigenvalue weighted by Crippen LogP contribution is 2.39. The van der Waals surface area contributed by atoms with Gasteiger partial charge < -0.3 is 18.9 Å². The van der Waals surface area contributed by atoms with Gasteiger partial charge in [0, 0.05) is 38.7 Å². The second kappa shape index (κ2) is 22.8. The molecule has 0 saturated heterocycles. The van der Waals surface area contributed by atoms with Crippen LogP contribution < -0.4 is 18.9 Å². The summed E-state index contributed by atoms with van der Waals surface area (Å²) in [5, 5.41) is 12.7. The number of benzene rings is 8. The molecule has 0 aliphatic rings. The Labute approximate surface area is 445 Å². The van der Waals surface area contributed by atoms with Crippen LogP contribution in [0.2, 0.25) is 0 Å². The zero-order chi connectivity index (χ0) is 54.4. The van der Waals surface area contributed by atoms with Crippen molar-refractivity contribution in [1.29, 1.82) is 0 Å². The molecular weight excluding hydrogens is 1000 g/mol. The highest BCUT2D eigenvalue weighted by molar-refractivity contribution is 7.94. The van der Waals surface area contributed by atoms with E-state index in [0.29, 0.717) is 63.2 Å². The third kappa shape index (κ3) is 12.7. The number of ether oxygens (including phenoxy) is 4. The predicted octanol–water partition coefficient (Wildman–Crippen LogP) is 14.6. The van der Waals surface area contributed by atoms with Gasteiger partial charge in [-0.1, -0.05) is 100.0 Å². The molecule has 2 N–H and O–H groups in total. The van der Waals surface area contributed by atoms with Crippen molar-refractivity contribution in [3.63, 3.8) is 0 Å². The highest BCUT2D eigenvalue weighted by Gasteiger charge is 2.26. The molecule has 0 amide bonds. The van der Waals surface area contributed by atoms with E-state index in [0.717, 1.165) is 28.3 Å². The summed E-state index contributed by atoms with van der Waals surface area (Å²) in [6.07, 6.45) is 0. The van der Waals surface area contributed by atoms with Gasteiger partial charge in [-0.2, -0.15) is 8.42 Å². The van der Waals surface area contributed by atoms with Crippen LogP contribution in [0.25, 0.3) is 0 Å². The summed E-state index contributed by atoms with van der Waals surface area (Å²) in [5.41, 5.74) is 5.17. The molecule has 0 atom stereocenters. The third-order valence-corrected chi connectivity index (χ3v) is 14.5. The Hall–Kier alpha value is -8.15.